The van der Waals surface area contributed by atoms with Crippen molar-refractivity contribution in [2.24, 2.45) is 5.73 Å². The van der Waals surface area contributed by atoms with Crippen LogP contribution in [0.2, 0.25) is 0 Å². The third-order valence-corrected chi connectivity index (χ3v) is 1.91. The van der Waals surface area contributed by atoms with E-state index in [0.29, 0.717) is 0 Å². The van der Waals surface area contributed by atoms with Crippen molar-refractivity contribution in [2.45, 2.75) is 19.9 Å². The Balaban J connectivity index is 3.17. The summed E-state index contributed by atoms with van der Waals surface area (Å²) < 4.78 is 0. The van der Waals surface area contributed by atoms with Crippen LogP contribution in [0.15, 0.2) is 30.8 Å². The molecule has 0 radical (unpaired) electrons. The Morgan fingerprint density at radius 1 is 1.42 bits per heavy atom. The maximum atomic E-state index is 5.81. The van der Waals surface area contributed by atoms with Crippen molar-refractivity contribution in [3.05, 3.63) is 42.0 Å². The number of hydrogen-bond donors (Lipinski definition) is 1. The first kappa shape index (κ1) is 9.01. The molecule has 0 saturated carbocycles. The highest BCUT2D eigenvalue weighted by molar-refractivity contribution is 5.64. The molecule has 1 nitrogen and oxygen atoms in total. The third kappa shape index (κ3) is 1.74. The minimum absolute atomic E-state index is 0.0814. The lowest BCUT2D eigenvalue weighted by Gasteiger charge is -2.11. The van der Waals surface area contributed by atoms with E-state index in [4.69, 9.17) is 5.73 Å². The second kappa shape index (κ2) is 3.55. The standard InChI is InChI=1S/C11H15N/c1-8(2)10-6-4-5-7-11(10)9(3)12/h4-7,9H,1,12H2,2-3H3. The lowest BCUT2D eigenvalue weighted by Crippen LogP contribution is -2.07. The van der Waals surface area contributed by atoms with E-state index >= 15 is 0 Å². The molecule has 64 valence electrons. The van der Waals surface area contributed by atoms with Gasteiger partial charge in [0.15, 0.2) is 0 Å². The van der Waals surface area contributed by atoms with Crippen molar-refractivity contribution in [1.82, 2.24) is 0 Å². The van der Waals surface area contributed by atoms with Gasteiger partial charge in [0.1, 0.15) is 0 Å². The summed E-state index contributed by atoms with van der Waals surface area (Å²) in [5.74, 6) is 0. The van der Waals surface area contributed by atoms with Gasteiger partial charge in [-0.05, 0) is 25.0 Å². The van der Waals surface area contributed by atoms with Gasteiger partial charge in [-0.3, -0.25) is 0 Å². The smallest absolute Gasteiger partial charge is 0.0272 e. The largest absolute Gasteiger partial charge is 0.324 e. The van der Waals surface area contributed by atoms with E-state index in [-0.39, 0.29) is 6.04 Å². The molecule has 0 amide bonds. The van der Waals surface area contributed by atoms with Gasteiger partial charge in [0.25, 0.3) is 0 Å². The predicted molar refractivity (Wildman–Crippen MR) is 53.8 cm³/mol. The molecule has 12 heavy (non-hydrogen) atoms. The molecule has 1 heteroatoms. The van der Waals surface area contributed by atoms with Crippen molar-refractivity contribution >= 4 is 5.57 Å². The van der Waals surface area contributed by atoms with Gasteiger partial charge in [0.2, 0.25) is 0 Å². The second-order valence-electron chi connectivity index (χ2n) is 3.16. The normalized spacial score (nSPS) is 12.6. The second-order valence-corrected chi connectivity index (χ2v) is 3.16. The SMILES string of the molecule is C=C(C)c1ccccc1C(C)N. The Bertz CT molecular complexity index is 287. The molecule has 0 saturated heterocycles. The maximum absolute atomic E-state index is 5.81. The van der Waals surface area contributed by atoms with Crippen molar-refractivity contribution in [2.75, 3.05) is 0 Å². The average molecular weight is 161 g/mol. The summed E-state index contributed by atoms with van der Waals surface area (Å²) in [7, 11) is 0. The lowest BCUT2D eigenvalue weighted by atomic mass is 9.98. The number of nitrogens with two attached hydrogens (primary N) is 1. The summed E-state index contributed by atoms with van der Waals surface area (Å²) in [6.45, 7) is 7.90. The molecule has 0 aromatic heterocycles. The fourth-order valence-corrected chi connectivity index (χ4v) is 1.28. The van der Waals surface area contributed by atoms with Gasteiger partial charge >= 0.3 is 0 Å². The highest BCUT2D eigenvalue weighted by Crippen LogP contribution is 2.21. The molecule has 2 N–H and O–H groups in total. The van der Waals surface area contributed by atoms with Crippen LogP contribution in [0.4, 0.5) is 0 Å². The minimum Gasteiger partial charge on any atom is -0.324 e. The van der Waals surface area contributed by atoms with Crippen LogP contribution in [0.5, 0.6) is 0 Å². The van der Waals surface area contributed by atoms with Gasteiger partial charge in [0, 0.05) is 6.04 Å². The number of allylic oxidation sites excluding steroid dienone is 1. The molecule has 1 atom stereocenters. The Hall–Kier alpha value is -1.08. The van der Waals surface area contributed by atoms with Gasteiger partial charge in [-0.2, -0.15) is 0 Å². The van der Waals surface area contributed by atoms with Crippen molar-refractivity contribution in [3.8, 4) is 0 Å². The molecule has 0 fully saturated rings. The monoisotopic (exact) mass is 161 g/mol. The first-order chi connectivity index (χ1) is 5.63. The van der Waals surface area contributed by atoms with E-state index in [0.717, 1.165) is 5.57 Å². The van der Waals surface area contributed by atoms with E-state index in [9.17, 15) is 0 Å². The van der Waals surface area contributed by atoms with Crippen LogP contribution >= 0.6 is 0 Å². The quantitative estimate of drug-likeness (QED) is 0.709. The van der Waals surface area contributed by atoms with Gasteiger partial charge in [0.05, 0.1) is 0 Å². The van der Waals surface area contributed by atoms with Crippen LogP contribution in [0.1, 0.15) is 31.0 Å². The average Bonchev–Trinajstić information content (AvgIpc) is 2.04. The Morgan fingerprint density at radius 2 is 2.00 bits per heavy atom. The molecule has 1 unspecified atom stereocenters. The number of hydrogen-bond acceptors (Lipinski definition) is 1. The molecule has 1 rings (SSSR count). The fourth-order valence-electron chi connectivity index (χ4n) is 1.28. The van der Waals surface area contributed by atoms with Crippen LogP contribution < -0.4 is 5.73 Å². The van der Waals surface area contributed by atoms with E-state index < -0.39 is 0 Å². The Morgan fingerprint density at radius 3 is 2.42 bits per heavy atom. The predicted octanol–water partition coefficient (Wildman–Crippen LogP) is 2.74. The highest BCUT2D eigenvalue weighted by atomic mass is 14.6. The Kier molecular flexibility index (Phi) is 2.66. The molecular formula is C11H15N. The van der Waals surface area contributed by atoms with Gasteiger partial charge in [-0.1, -0.05) is 36.4 Å². The molecule has 0 bridgehead atoms. The highest BCUT2D eigenvalue weighted by Gasteiger charge is 2.04. The summed E-state index contributed by atoms with van der Waals surface area (Å²) in [6.07, 6.45) is 0. The molecule has 0 aliphatic carbocycles. The minimum atomic E-state index is 0.0814. The first-order valence-corrected chi connectivity index (χ1v) is 4.13. The molecule has 0 spiro atoms. The molecular weight excluding hydrogens is 146 g/mol. The maximum Gasteiger partial charge on any atom is 0.0272 e. The number of rotatable bonds is 2. The summed E-state index contributed by atoms with van der Waals surface area (Å²) in [5, 5.41) is 0. The Labute approximate surface area is 73.9 Å². The zero-order chi connectivity index (χ0) is 9.14. The summed E-state index contributed by atoms with van der Waals surface area (Å²) in [6, 6.07) is 8.20. The van der Waals surface area contributed by atoms with E-state index in [1.807, 2.05) is 26.0 Å². The molecule has 0 heterocycles. The van der Waals surface area contributed by atoms with Gasteiger partial charge in [-0.15, -0.1) is 0 Å². The zero-order valence-electron chi connectivity index (χ0n) is 7.67. The van der Waals surface area contributed by atoms with Gasteiger partial charge < -0.3 is 5.73 Å². The summed E-state index contributed by atoms with van der Waals surface area (Å²) in [5.41, 5.74) is 9.23. The third-order valence-electron chi connectivity index (χ3n) is 1.91. The van der Waals surface area contributed by atoms with E-state index in [1.165, 1.54) is 11.1 Å². The van der Waals surface area contributed by atoms with Crippen LogP contribution in [0, 0.1) is 0 Å². The van der Waals surface area contributed by atoms with Gasteiger partial charge in [-0.25, -0.2) is 0 Å². The van der Waals surface area contributed by atoms with Crippen molar-refractivity contribution in [3.63, 3.8) is 0 Å². The number of benzene rings is 1. The van der Waals surface area contributed by atoms with Crippen molar-refractivity contribution in [1.29, 1.82) is 0 Å². The first-order valence-electron chi connectivity index (χ1n) is 4.13. The van der Waals surface area contributed by atoms with Crippen LogP contribution in [-0.2, 0) is 0 Å². The van der Waals surface area contributed by atoms with Crippen molar-refractivity contribution < 1.29 is 0 Å². The fraction of sp³-hybridized carbons (Fsp3) is 0.273. The van der Waals surface area contributed by atoms with Crippen LogP contribution in [0.25, 0.3) is 5.57 Å². The molecule has 1 aromatic carbocycles. The zero-order valence-corrected chi connectivity index (χ0v) is 7.67. The summed E-state index contributed by atoms with van der Waals surface area (Å²) >= 11 is 0. The molecule has 0 aliphatic heterocycles. The summed E-state index contributed by atoms with van der Waals surface area (Å²) in [4.78, 5) is 0. The topological polar surface area (TPSA) is 26.0 Å². The van der Waals surface area contributed by atoms with E-state index in [2.05, 4.69) is 18.7 Å². The molecule has 1 aromatic rings. The van der Waals surface area contributed by atoms with Crippen LogP contribution in [0.3, 0.4) is 0 Å². The van der Waals surface area contributed by atoms with Crippen LogP contribution in [-0.4, -0.2) is 0 Å². The molecule has 0 aliphatic rings. The lowest BCUT2D eigenvalue weighted by molar-refractivity contribution is 0.815. The van der Waals surface area contributed by atoms with E-state index in [1.54, 1.807) is 0 Å².